The van der Waals surface area contributed by atoms with Gasteiger partial charge in [-0.3, -0.25) is 9.69 Å². The number of piperidine rings is 2. The molecule has 0 amide bonds. The van der Waals surface area contributed by atoms with Crippen molar-refractivity contribution in [3.63, 3.8) is 0 Å². The fourth-order valence-corrected chi connectivity index (χ4v) is 4.46. The van der Waals surface area contributed by atoms with Gasteiger partial charge in [-0.05, 0) is 56.3 Å². The minimum Gasteiger partial charge on any atom is -0.324 e. The third-order valence-corrected chi connectivity index (χ3v) is 5.82. The molecule has 1 unspecified atom stereocenters. The number of nitrogens with zero attached hydrogens (tertiary/aromatic N) is 3. The first-order valence-corrected chi connectivity index (χ1v) is 9.36. The van der Waals surface area contributed by atoms with E-state index in [4.69, 9.17) is 0 Å². The molecule has 24 heavy (non-hydrogen) atoms. The molecule has 2 aromatic rings. The van der Waals surface area contributed by atoms with Gasteiger partial charge in [0.05, 0.1) is 0 Å². The van der Waals surface area contributed by atoms with E-state index in [9.17, 15) is 4.79 Å². The molecule has 0 N–H and O–H groups in total. The number of carbonyl (C=O) groups excluding carboxylic acids is 1. The lowest BCUT2D eigenvalue weighted by Gasteiger charge is -2.41. The van der Waals surface area contributed by atoms with Gasteiger partial charge >= 0.3 is 0 Å². The zero-order valence-corrected chi connectivity index (χ0v) is 14.3. The first-order chi connectivity index (χ1) is 11.9. The SMILES string of the molecule is O=CC(N1CCC(N2CCCCC2)CC1)n1ccc2ccccc21. The van der Waals surface area contributed by atoms with Crippen LogP contribution in [0.3, 0.4) is 0 Å². The maximum Gasteiger partial charge on any atom is 0.157 e. The van der Waals surface area contributed by atoms with Crippen LogP contribution in [0.25, 0.3) is 10.9 Å². The normalized spacial score (nSPS) is 22.7. The second-order valence-corrected chi connectivity index (χ2v) is 7.20. The Morgan fingerprint density at radius 3 is 2.46 bits per heavy atom. The van der Waals surface area contributed by atoms with E-state index < -0.39 is 0 Å². The molecule has 0 bridgehead atoms. The first-order valence-electron chi connectivity index (χ1n) is 9.36. The van der Waals surface area contributed by atoms with Crippen molar-refractivity contribution in [1.82, 2.24) is 14.4 Å². The molecule has 1 aromatic carbocycles. The highest BCUT2D eigenvalue weighted by Crippen LogP contribution is 2.26. The highest BCUT2D eigenvalue weighted by Gasteiger charge is 2.29. The summed E-state index contributed by atoms with van der Waals surface area (Å²) < 4.78 is 2.13. The molecular weight excluding hydrogens is 298 g/mol. The molecule has 0 aliphatic carbocycles. The Balaban J connectivity index is 1.46. The van der Waals surface area contributed by atoms with E-state index in [1.54, 1.807) is 0 Å². The second kappa shape index (κ2) is 7.08. The average molecular weight is 325 g/mol. The molecule has 0 saturated carbocycles. The van der Waals surface area contributed by atoms with Gasteiger partial charge in [-0.15, -0.1) is 0 Å². The third kappa shape index (κ3) is 3.01. The van der Waals surface area contributed by atoms with E-state index >= 15 is 0 Å². The fraction of sp³-hybridized carbons (Fsp3) is 0.550. The van der Waals surface area contributed by atoms with Crippen LogP contribution in [0, 0.1) is 0 Å². The van der Waals surface area contributed by atoms with Crippen molar-refractivity contribution in [2.75, 3.05) is 26.2 Å². The van der Waals surface area contributed by atoms with E-state index in [2.05, 4.69) is 38.8 Å². The molecule has 2 aliphatic rings. The standard InChI is InChI=1S/C20H27N3O/c24-16-20(23-15-8-17-6-2-3-7-19(17)23)22-13-9-18(10-14-22)21-11-4-1-5-12-21/h2-3,6-8,15-16,18,20H,1,4-5,9-14H2. The van der Waals surface area contributed by atoms with Crippen LogP contribution in [-0.4, -0.2) is 52.9 Å². The zero-order valence-electron chi connectivity index (χ0n) is 14.3. The van der Waals surface area contributed by atoms with E-state index in [-0.39, 0.29) is 6.17 Å². The van der Waals surface area contributed by atoms with Crippen LogP contribution < -0.4 is 0 Å². The predicted octanol–water partition coefficient (Wildman–Crippen LogP) is 3.29. The van der Waals surface area contributed by atoms with Crippen molar-refractivity contribution in [3.05, 3.63) is 36.5 Å². The number of likely N-dealkylation sites (tertiary alicyclic amines) is 2. The lowest BCUT2D eigenvalue weighted by atomic mass is 9.99. The van der Waals surface area contributed by atoms with Crippen LogP contribution in [0.1, 0.15) is 38.3 Å². The van der Waals surface area contributed by atoms with Gasteiger partial charge in [0.15, 0.2) is 6.29 Å². The van der Waals surface area contributed by atoms with E-state index in [0.717, 1.165) is 30.9 Å². The predicted molar refractivity (Wildman–Crippen MR) is 97.1 cm³/mol. The van der Waals surface area contributed by atoms with E-state index in [1.165, 1.54) is 50.6 Å². The van der Waals surface area contributed by atoms with Crippen molar-refractivity contribution in [2.45, 2.75) is 44.3 Å². The number of aldehydes is 1. The summed E-state index contributed by atoms with van der Waals surface area (Å²) in [6, 6.07) is 11.1. The Hall–Kier alpha value is -1.65. The highest BCUT2D eigenvalue weighted by atomic mass is 16.1. The van der Waals surface area contributed by atoms with Crippen molar-refractivity contribution in [3.8, 4) is 0 Å². The smallest absolute Gasteiger partial charge is 0.157 e. The van der Waals surface area contributed by atoms with Crippen molar-refractivity contribution < 1.29 is 4.79 Å². The molecule has 3 heterocycles. The second-order valence-electron chi connectivity index (χ2n) is 7.20. The third-order valence-electron chi connectivity index (χ3n) is 5.82. The number of para-hydroxylation sites is 1. The Kier molecular flexibility index (Phi) is 4.67. The number of carbonyl (C=O) groups is 1. The summed E-state index contributed by atoms with van der Waals surface area (Å²) in [5.74, 6) is 0. The molecule has 1 aromatic heterocycles. The molecule has 2 aliphatic heterocycles. The van der Waals surface area contributed by atoms with Crippen molar-refractivity contribution in [1.29, 1.82) is 0 Å². The maximum absolute atomic E-state index is 11.9. The van der Waals surface area contributed by atoms with E-state index in [1.807, 2.05) is 12.1 Å². The maximum atomic E-state index is 11.9. The Labute approximate surface area is 144 Å². The van der Waals surface area contributed by atoms with Crippen LogP contribution >= 0.6 is 0 Å². The summed E-state index contributed by atoms with van der Waals surface area (Å²) in [6.07, 6.45) is 9.45. The number of fused-ring (bicyclic) bond motifs is 1. The fourth-order valence-electron chi connectivity index (χ4n) is 4.46. The van der Waals surface area contributed by atoms with Gasteiger partial charge in [-0.25, -0.2) is 0 Å². The number of hydrogen-bond acceptors (Lipinski definition) is 3. The van der Waals surface area contributed by atoms with Crippen LogP contribution in [0.15, 0.2) is 36.5 Å². The summed E-state index contributed by atoms with van der Waals surface area (Å²) in [6.45, 7) is 4.56. The highest BCUT2D eigenvalue weighted by molar-refractivity contribution is 5.81. The average Bonchev–Trinajstić information content (AvgIpc) is 3.08. The Morgan fingerprint density at radius 1 is 0.958 bits per heavy atom. The lowest BCUT2D eigenvalue weighted by Crippen LogP contribution is -2.48. The van der Waals surface area contributed by atoms with Gasteiger partial charge in [0.1, 0.15) is 6.17 Å². The van der Waals surface area contributed by atoms with Gasteiger partial charge in [0, 0.05) is 30.8 Å². The Bertz CT molecular complexity index is 681. The molecule has 4 rings (SSSR count). The number of hydrogen-bond donors (Lipinski definition) is 0. The van der Waals surface area contributed by atoms with Gasteiger partial charge in [-0.1, -0.05) is 24.6 Å². The molecular formula is C20H27N3O. The molecule has 0 radical (unpaired) electrons. The lowest BCUT2D eigenvalue weighted by molar-refractivity contribution is -0.116. The van der Waals surface area contributed by atoms with E-state index in [0.29, 0.717) is 0 Å². The number of benzene rings is 1. The summed E-state index contributed by atoms with van der Waals surface area (Å²) in [5.41, 5.74) is 1.15. The quantitative estimate of drug-likeness (QED) is 0.808. The minimum atomic E-state index is -0.174. The topological polar surface area (TPSA) is 28.5 Å². The van der Waals surface area contributed by atoms with Crippen molar-refractivity contribution in [2.24, 2.45) is 0 Å². The molecule has 1 atom stereocenters. The summed E-state index contributed by atoms with van der Waals surface area (Å²) in [4.78, 5) is 16.9. The molecule has 0 spiro atoms. The largest absolute Gasteiger partial charge is 0.324 e. The van der Waals surface area contributed by atoms with Gasteiger partial charge < -0.3 is 9.47 Å². The molecule has 2 fully saturated rings. The number of aromatic nitrogens is 1. The van der Waals surface area contributed by atoms with Crippen LogP contribution in [-0.2, 0) is 4.79 Å². The number of rotatable bonds is 4. The molecule has 4 heteroatoms. The van der Waals surface area contributed by atoms with Gasteiger partial charge in [0.2, 0.25) is 0 Å². The van der Waals surface area contributed by atoms with Gasteiger partial charge in [-0.2, -0.15) is 0 Å². The monoisotopic (exact) mass is 325 g/mol. The minimum absolute atomic E-state index is 0.174. The van der Waals surface area contributed by atoms with Crippen LogP contribution in [0.2, 0.25) is 0 Å². The molecule has 2 saturated heterocycles. The molecule has 128 valence electrons. The summed E-state index contributed by atoms with van der Waals surface area (Å²) >= 11 is 0. The van der Waals surface area contributed by atoms with Crippen LogP contribution in [0.5, 0.6) is 0 Å². The van der Waals surface area contributed by atoms with Gasteiger partial charge in [0.25, 0.3) is 0 Å². The van der Waals surface area contributed by atoms with Crippen LogP contribution in [0.4, 0.5) is 0 Å². The summed E-state index contributed by atoms with van der Waals surface area (Å²) in [5, 5.41) is 1.20. The zero-order chi connectivity index (χ0) is 16.4. The Morgan fingerprint density at radius 2 is 1.71 bits per heavy atom. The molecule has 4 nitrogen and oxygen atoms in total. The summed E-state index contributed by atoms with van der Waals surface area (Å²) in [7, 11) is 0. The first kappa shape index (κ1) is 15.9. The van der Waals surface area contributed by atoms with Crippen molar-refractivity contribution >= 4 is 17.2 Å².